The van der Waals surface area contributed by atoms with Gasteiger partial charge in [0.15, 0.2) is 0 Å². The van der Waals surface area contributed by atoms with Crippen LogP contribution < -0.4 is 10.6 Å². The number of halogens is 1. The molecule has 2 aromatic heterocycles. The molecule has 0 saturated heterocycles. The molecule has 0 radical (unpaired) electrons. The Kier molecular flexibility index (Phi) is 5.51. The Labute approximate surface area is 134 Å². The summed E-state index contributed by atoms with van der Waals surface area (Å²) in [6.45, 7) is 6.29. The van der Waals surface area contributed by atoms with Gasteiger partial charge >= 0.3 is 0 Å². The van der Waals surface area contributed by atoms with E-state index in [-0.39, 0.29) is 24.5 Å². The van der Waals surface area contributed by atoms with Gasteiger partial charge in [0.1, 0.15) is 5.82 Å². The molecule has 0 spiro atoms. The lowest BCUT2D eigenvalue weighted by molar-refractivity contribution is -0.115. The van der Waals surface area contributed by atoms with Gasteiger partial charge in [-0.1, -0.05) is 11.6 Å². The third-order valence-electron chi connectivity index (χ3n) is 3.45. The monoisotopic (exact) mass is 321 g/mol. The molecule has 0 saturated carbocycles. The second kappa shape index (κ2) is 7.38. The molecule has 2 aromatic rings. The molecule has 2 rings (SSSR count). The number of nitrogens with one attached hydrogen (secondary N) is 2. The number of hydrogen-bond donors (Lipinski definition) is 2. The summed E-state index contributed by atoms with van der Waals surface area (Å²) in [5.74, 6) is 0.338. The number of aryl methyl sites for hydroxylation is 1. The van der Waals surface area contributed by atoms with Gasteiger partial charge in [-0.05, 0) is 38.5 Å². The van der Waals surface area contributed by atoms with E-state index < -0.39 is 0 Å². The third-order valence-corrected chi connectivity index (χ3v) is 3.67. The van der Waals surface area contributed by atoms with Gasteiger partial charge in [-0.15, -0.1) is 0 Å². The van der Waals surface area contributed by atoms with Crippen LogP contribution in [0.3, 0.4) is 0 Å². The van der Waals surface area contributed by atoms with Gasteiger partial charge in [-0.2, -0.15) is 5.10 Å². The summed E-state index contributed by atoms with van der Waals surface area (Å²) in [4.78, 5) is 15.9. The summed E-state index contributed by atoms with van der Waals surface area (Å²) in [7, 11) is 0. The van der Waals surface area contributed by atoms with Crippen LogP contribution in [-0.2, 0) is 4.79 Å². The third kappa shape index (κ3) is 4.54. The number of rotatable bonds is 6. The van der Waals surface area contributed by atoms with Crippen molar-refractivity contribution in [3.63, 3.8) is 0 Å². The second-order valence-corrected chi connectivity index (χ2v) is 5.75. The van der Waals surface area contributed by atoms with Crippen LogP contribution >= 0.6 is 11.6 Å². The maximum absolute atomic E-state index is 11.9. The number of anilines is 1. The molecule has 6 nitrogen and oxygen atoms in total. The largest absolute Gasteiger partial charge is 0.310 e. The molecule has 2 heterocycles. The van der Waals surface area contributed by atoms with E-state index in [0.29, 0.717) is 10.8 Å². The van der Waals surface area contributed by atoms with Crippen LogP contribution in [0.1, 0.15) is 25.5 Å². The van der Waals surface area contributed by atoms with Gasteiger partial charge in [0.05, 0.1) is 23.8 Å². The van der Waals surface area contributed by atoms with Crippen molar-refractivity contribution in [1.29, 1.82) is 0 Å². The number of carbonyl (C=O) groups excluding carboxylic acids is 1. The molecule has 0 fully saturated rings. The molecule has 0 aliphatic heterocycles. The summed E-state index contributed by atoms with van der Waals surface area (Å²) < 4.78 is 1.89. The highest BCUT2D eigenvalue weighted by atomic mass is 35.5. The van der Waals surface area contributed by atoms with E-state index in [4.69, 9.17) is 11.6 Å². The maximum Gasteiger partial charge on any atom is 0.239 e. The van der Waals surface area contributed by atoms with Crippen molar-refractivity contribution in [3.8, 4) is 0 Å². The molecule has 22 heavy (non-hydrogen) atoms. The van der Waals surface area contributed by atoms with Crippen LogP contribution in [-0.4, -0.2) is 33.3 Å². The molecule has 0 aliphatic rings. The first kappa shape index (κ1) is 16.5. The lowest BCUT2D eigenvalue weighted by Crippen LogP contribution is -2.39. The Morgan fingerprint density at radius 3 is 2.73 bits per heavy atom. The fourth-order valence-corrected chi connectivity index (χ4v) is 2.06. The van der Waals surface area contributed by atoms with Gasteiger partial charge in [0, 0.05) is 18.4 Å². The summed E-state index contributed by atoms with van der Waals surface area (Å²) in [6, 6.07) is 3.60. The highest BCUT2D eigenvalue weighted by molar-refractivity contribution is 6.30. The molecule has 118 valence electrons. The highest BCUT2D eigenvalue weighted by Crippen LogP contribution is 2.11. The molecular weight excluding hydrogens is 302 g/mol. The average Bonchev–Trinajstić information content (AvgIpc) is 2.93. The zero-order valence-electron chi connectivity index (χ0n) is 12.9. The fraction of sp³-hybridized carbons (Fsp3) is 0.400. The minimum atomic E-state index is -0.148. The minimum absolute atomic E-state index is 0.100. The Morgan fingerprint density at radius 1 is 1.36 bits per heavy atom. The molecule has 0 aromatic carbocycles. The number of hydrogen-bond acceptors (Lipinski definition) is 4. The predicted octanol–water partition coefficient (Wildman–Crippen LogP) is 2.42. The van der Waals surface area contributed by atoms with Gasteiger partial charge in [0.25, 0.3) is 0 Å². The van der Waals surface area contributed by atoms with E-state index in [1.54, 1.807) is 12.1 Å². The number of carbonyl (C=O) groups is 1. The number of aromatic nitrogens is 3. The Hall–Kier alpha value is -1.92. The van der Waals surface area contributed by atoms with Gasteiger partial charge in [-0.3, -0.25) is 9.48 Å². The van der Waals surface area contributed by atoms with E-state index in [9.17, 15) is 4.79 Å². The molecule has 0 aliphatic carbocycles. The Balaban J connectivity index is 1.81. The number of pyridine rings is 1. The lowest BCUT2D eigenvalue weighted by Gasteiger charge is -2.21. The Morgan fingerprint density at radius 2 is 2.14 bits per heavy atom. The number of amides is 1. The van der Waals surface area contributed by atoms with Crippen molar-refractivity contribution in [1.82, 2.24) is 20.1 Å². The molecule has 7 heteroatoms. The summed E-state index contributed by atoms with van der Waals surface area (Å²) >= 11 is 5.75. The summed E-state index contributed by atoms with van der Waals surface area (Å²) in [5.41, 5.74) is 1.12. The summed E-state index contributed by atoms with van der Waals surface area (Å²) in [6.07, 6.45) is 5.30. The van der Waals surface area contributed by atoms with Gasteiger partial charge < -0.3 is 10.6 Å². The van der Waals surface area contributed by atoms with Crippen molar-refractivity contribution in [2.24, 2.45) is 0 Å². The molecule has 1 amide bonds. The zero-order chi connectivity index (χ0) is 16.1. The van der Waals surface area contributed by atoms with Crippen LogP contribution in [0.15, 0.2) is 30.7 Å². The molecule has 0 bridgehead atoms. The van der Waals surface area contributed by atoms with Crippen molar-refractivity contribution < 1.29 is 4.79 Å². The van der Waals surface area contributed by atoms with E-state index in [2.05, 4.69) is 27.6 Å². The fourth-order valence-electron chi connectivity index (χ4n) is 1.95. The first-order chi connectivity index (χ1) is 10.5. The smallest absolute Gasteiger partial charge is 0.239 e. The van der Waals surface area contributed by atoms with Gasteiger partial charge in [-0.25, -0.2) is 4.98 Å². The SMILES string of the molecule is Cc1cnn([C@H](C)[C@@H](C)NCC(=O)Nc2ccc(Cl)cn2)c1. The standard InChI is InChI=1S/C15H20ClN5O/c1-10-6-19-21(9-10)12(3)11(2)17-8-15(22)20-14-5-4-13(16)7-18-14/h4-7,9,11-12,17H,8H2,1-3H3,(H,18,20,22)/t11-,12-/m1/s1. The van der Waals surface area contributed by atoms with E-state index >= 15 is 0 Å². The van der Waals surface area contributed by atoms with Crippen LogP contribution in [0, 0.1) is 6.92 Å². The normalized spacial score (nSPS) is 13.6. The van der Waals surface area contributed by atoms with Gasteiger partial charge in [0.2, 0.25) is 5.91 Å². The van der Waals surface area contributed by atoms with Crippen LogP contribution in [0.2, 0.25) is 5.02 Å². The van der Waals surface area contributed by atoms with Crippen molar-refractivity contribution in [3.05, 3.63) is 41.3 Å². The van der Waals surface area contributed by atoms with E-state index in [0.717, 1.165) is 5.56 Å². The van der Waals surface area contributed by atoms with E-state index in [1.807, 2.05) is 30.9 Å². The molecule has 0 unspecified atom stereocenters. The highest BCUT2D eigenvalue weighted by Gasteiger charge is 2.15. The van der Waals surface area contributed by atoms with Crippen molar-refractivity contribution >= 4 is 23.3 Å². The predicted molar refractivity (Wildman–Crippen MR) is 87.0 cm³/mol. The molecule has 2 atom stereocenters. The average molecular weight is 322 g/mol. The van der Waals surface area contributed by atoms with Crippen molar-refractivity contribution in [2.45, 2.75) is 32.9 Å². The van der Waals surface area contributed by atoms with Crippen LogP contribution in [0.5, 0.6) is 0 Å². The van der Waals surface area contributed by atoms with Crippen LogP contribution in [0.4, 0.5) is 5.82 Å². The zero-order valence-corrected chi connectivity index (χ0v) is 13.6. The minimum Gasteiger partial charge on any atom is -0.310 e. The first-order valence-corrected chi connectivity index (χ1v) is 7.49. The molecular formula is C15H20ClN5O. The van der Waals surface area contributed by atoms with Crippen molar-refractivity contribution in [2.75, 3.05) is 11.9 Å². The lowest BCUT2D eigenvalue weighted by atomic mass is 10.2. The first-order valence-electron chi connectivity index (χ1n) is 7.11. The number of nitrogens with zero attached hydrogens (tertiary/aromatic N) is 3. The topological polar surface area (TPSA) is 71.8 Å². The summed E-state index contributed by atoms with van der Waals surface area (Å²) in [5, 5.41) is 10.7. The Bertz CT molecular complexity index is 625. The maximum atomic E-state index is 11.9. The van der Waals surface area contributed by atoms with Crippen LogP contribution in [0.25, 0.3) is 0 Å². The quantitative estimate of drug-likeness (QED) is 0.857. The molecule has 2 N–H and O–H groups in total. The second-order valence-electron chi connectivity index (χ2n) is 5.32. The van der Waals surface area contributed by atoms with E-state index in [1.165, 1.54) is 6.20 Å².